The second-order valence-corrected chi connectivity index (χ2v) is 3.35. The predicted octanol–water partition coefficient (Wildman–Crippen LogP) is 3.32. The first-order chi connectivity index (χ1) is 7.79. The summed E-state index contributed by atoms with van der Waals surface area (Å²) in [5, 5.41) is 0. The Hall–Kier alpha value is -2.03. The number of benzene rings is 1. The Bertz CT molecular complexity index is 486. The molecule has 2 nitrogen and oxygen atoms in total. The van der Waals surface area contributed by atoms with Gasteiger partial charge in [-0.2, -0.15) is 0 Å². The molecule has 0 amide bonds. The zero-order valence-corrected chi connectivity index (χ0v) is 8.89. The molecule has 2 rings (SSSR count). The number of hydrogen-bond donors (Lipinski definition) is 0. The molecule has 0 bridgehead atoms. The van der Waals surface area contributed by atoms with Gasteiger partial charge in [-0.25, -0.2) is 14.4 Å². The molecule has 2 aromatic rings. The molecule has 0 saturated carbocycles. The van der Waals surface area contributed by atoms with Gasteiger partial charge >= 0.3 is 0 Å². The molecule has 1 heterocycles. The van der Waals surface area contributed by atoms with Crippen molar-refractivity contribution in [3.63, 3.8) is 0 Å². The van der Waals surface area contributed by atoms with Crippen LogP contribution in [0.1, 0.15) is 12.5 Å². The molecule has 0 aliphatic rings. The monoisotopic (exact) mass is 214 g/mol. The Kier molecular flexibility index (Phi) is 3.05. The lowest BCUT2D eigenvalue weighted by atomic mass is 10.1. The molecule has 1 aromatic heterocycles. The Balaban J connectivity index is 2.31. The third-order valence-corrected chi connectivity index (χ3v) is 2.15. The molecule has 0 spiro atoms. The molecular formula is C13H11FN2. The summed E-state index contributed by atoms with van der Waals surface area (Å²) in [5.74, 6) is 0.114. The van der Waals surface area contributed by atoms with E-state index in [1.54, 1.807) is 0 Å². The molecule has 1 aromatic carbocycles. The third-order valence-electron chi connectivity index (χ3n) is 2.15. The second-order valence-electron chi connectivity index (χ2n) is 3.35. The van der Waals surface area contributed by atoms with Gasteiger partial charge in [0.05, 0.1) is 12.4 Å². The van der Waals surface area contributed by atoms with E-state index in [9.17, 15) is 4.39 Å². The number of aromatic nitrogens is 2. The van der Waals surface area contributed by atoms with Crippen molar-refractivity contribution in [1.29, 1.82) is 0 Å². The molecular weight excluding hydrogens is 203 g/mol. The van der Waals surface area contributed by atoms with Crippen LogP contribution in [-0.4, -0.2) is 9.97 Å². The minimum absolute atomic E-state index is 0.422. The predicted molar refractivity (Wildman–Crippen MR) is 62.1 cm³/mol. The van der Waals surface area contributed by atoms with Gasteiger partial charge in [-0.3, -0.25) is 0 Å². The number of hydrogen-bond acceptors (Lipinski definition) is 2. The Morgan fingerprint density at radius 1 is 1.06 bits per heavy atom. The topological polar surface area (TPSA) is 25.8 Å². The van der Waals surface area contributed by atoms with Crippen molar-refractivity contribution < 1.29 is 4.39 Å². The van der Waals surface area contributed by atoms with Crippen molar-refractivity contribution in [1.82, 2.24) is 9.97 Å². The van der Waals surface area contributed by atoms with Gasteiger partial charge in [-0.05, 0) is 12.5 Å². The third kappa shape index (κ3) is 2.31. The van der Waals surface area contributed by atoms with E-state index < -0.39 is 5.82 Å². The molecule has 0 N–H and O–H groups in total. The van der Waals surface area contributed by atoms with E-state index in [2.05, 4.69) is 9.97 Å². The van der Waals surface area contributed by atoms with Gasteiger partial charge in [-0.1, -0.05) is 36.4 Å². The smallest absolute Gasteiger partial charge is 0.159 e. The van der Waals surface area contributed by atoms with E-state index in [1.165, 1.54) is 12.4 Å². The largest absolute Gasteiger partial charge is 0.233 e. The molecule has 0 aliphatic heterocycles. The molecule has 80 valence electrons. The standard InChI is InChI=1S/C13H11FN2/c1-2-3-10-4-6-11(7-5-10)13-15-8-12(14)9-16-13/h2-9H,1H3/b3-2+. The summed E-state index contributed by atoms with van der Waals surface area (Å²) in [6, 6.07) is 7.79. The molecule has 0 aliphatic carbocycles. The quantitative estimate of drug-likeness (QED) is 0.766. The fourth-order valence-corrected chi connectivity index (χ4v) is 1.40. The Morgan fingerprint density at radius 3 is 2.25 bits per heavy atom. The highest BCUT2D eigenvalue weighted by molar-refractivity contribution is 5.59. The fourth-order valence-electron chi connectivity index (χ4n) is 1.40. The van der Waals surface area contributed by atoms with Gasteiger partial charge in [0.15, 0.2) is 11.6 Å². The Labute approximate surface area is 93.5 Å². The summed E-state index contributed by atoms with van der Waals surface area (Å²) in [4.78, 5) is 7.84. The number of halogens is 1. The number of allylic oxidation sites excluding steroid dienone is 1. The van der Waals surface area contributed by atoms with Crippen LogP contribution in [0.25, 0.3) is 17.5 Å². The zero-order chi connectivity index (χ0) is 11.4. The summed E-state index contributed by atoms with van der Waals surface area (Å²) in [6.07, 6.45) is 6.32. The minimum Gasteiger partial charge on any atom is -0.233 e. The van der Waals surface area contributed by atoms with Crippen LogP contribution < -0.4 is 0 Å². The van der Waals surface area contributed by atoms with E-state index in [1.807, 2.05) is 43.3 Å². The lowest BCUT2D eigenvalue weighted by Crippen LogP contribution is -1.89. The van der Waals surface area contributed by atoms with Crippen molar-refractivity contribution in [2.24, 2.45) is 0 Å². The van der Waals surface area contributed by atoms with Crippen LogP contribution in [0, 0.1) is 5.82 Å². The molecule has 0 radical (unpaired) electrons. The molecule has 16 heavy (non-hydrogen) atoms. The van der Waals surface area contributed by atoms with Gasteiger partial charge in [0.1, 0.15) is 0 Å². The minimum atomic E-state index is -0.422. The average molecular weight is 214 g/mol. The number of nitrogens with zero attached hydrogens (tertiary/aromatic N) is 2. The SMILES string of the molecule is C/C=C/c1ccc(-c2ncc(F)cn2)cc1. The van der Waals surface area contributed by atoms with Crippen LogP contribution in [0.5, 0.6) is 0 Å². The maximum atomic E-state index is 12.6. The highest BCUT2D eigenvalue weighted by Gasteiger charge is 2.00. The van der Waals surface area contributed by atoms with Crippen molar-refractivity contribution in [3.05, 3.63) is 54.1 Å². The van der Waals surface area contributed by atoms with Crippen molar-refractivity contribution in [2.45, 2.75) is 6.92 Å². The van der Waals surface area contributed by atoms with E-state index in [-0.39, 0.29) is 0 Å². The van der Waals surface area contributed by atoms with E-state index in [0.29, 0.717) is 5.82 Å². The molecule has 0 unspecified atom stereocenters. The first kappa shape index (κ1) is 10.5. The summed E-state index contributed by atoms with van der Waals surface area (Å²) in [7, 11) is 0. The van der Waals surface area contributed by atoms with Crippen LogP contribution in [0.15, 0.2) is 42.7 Å². The number of rotatable bonds is 2. The summed E-state index contributed by atoms with van der Waals surface area (Å²) >= 11 is 0. The normalized spacial score (nSPS) is 10.9. The van der Waals surface area contributed by atoms with Crippen molar-refractivity contribution >= 4 is 6.08 Å². The highest BCUT2D eigenvalue weighted by Crippen LogP contribution is 2.15. The summed E-state index contributed by atoms with van der Waals surface area (Å²) in [5.41, 5.74) is 2.00. The van der Waals surface area contributed by atoms with Crippen LogP contribution >= 0.6 is 0 Å². The fraction of sp³-hybridized carbons (Fsp3) is 0.0769. The lowest BCUT2D eigenvalue weighted by Gasteiger charge is -2.00. The second kappa shape index (κ2) is 4.66. The van der Waals surface area contributed by atoms with Gasteiger partial charge < -0.3 is 0 Å². The summed E-state index contributed by atoms with van der Waals surface area (Å²) < 4.78 is 12.6. The van der Waals surface area contributed by atoms with Crippen molar-refractivity contribution in [2.75, 3.05) is 0 Å². The van der Waals surface area contributed by atoms with Crippen LogP contribution in [0.2, 0.25) is 0 Å². The van der Waals surface area contributed by atoms with E-state index >= 15 is 0 Å². The maximum absolute atomic E-state index is 12.6. The van der Waals surface area contributed by atoms with Crippen LogP contribution in [0.4, 0.5) is 4.39 Å². The molecule has 0 fully saturated rings. The van der Waals surface area contributed by atoms with E-state index in [4.69, 9.17) is 0 Å². The first-order valence-corrected chi connectivity index (χ1v) is 5.00. The van der Waals surface area contributed by atoms with Crippen LogP contribution in [0.3, 0.4) is 0 Å². The average Bonchev–Trinajstić information content (AvgIpc) is 2.32. The van der Waals surface area contributed by atoms with Gasteiger partial charge in [-0.15, -0.1) is 0 Å². The van der Waals surface area contributed by atoms with Gasteiger partial charge in [0, 0.05) is 5.56 Å². The molecule has 3 heteroatoms. The first-order valence-electron chi connectivity index (χ1n) is 5.00. The highest BCUT2D eigenvalue weighted by atomic mass is 19.1. The maximum Gasteiger partial charge on any atom is 0.159 e. The molecule has 0 saturated heterocycles. The molecule has 0 atom stereocenters. The van der Waals surface area contributed by atoms with Gasteiger partial charge in [0.2, 0.25) is 0 Å². The van der Waals surface area contributed by atoms with Crippen LogP contribution in [-0.2, 0) is 0 Å². The van der Waals surface area contributed by atoms with E-state index in [0.717, 1.165) is 11.1 Å². The summed E-state index contributed by atoms with van der Waals surface area (Å²) in [6.45, 7) is 1.97. The lowest BCUT2D eigenvalue weighted by molar-refractivity contribution is 0.614. The van der Waals surface area contributed by atoms with Crippen molar-refractivity contribution in [3.8, 4) is 11.4 Å². The van der Waals surface area contributed by atoms with Gasteiger partial charge in [0.25, 0.3) is 0 Å². The Morgan fingerprint density at radius 2 is 1.69 bits per heavy atom. The zero-order valence-electron chi connectivity index (χ0n) is 8.89.